The van der Waals surface area contributed by atoms with Crippen molar-refractivity contribution in [2.24, 2.45) is 0 Å². The van der Waals surface area contributed by atoms with E-state index in [9.17, 15) is 0 Å². The topological polar surface area (TPSA) is 23.8 Å². The van der Waals surface area contributed by atoms with Crippen molar-refractivity contribution in [1.29, 1.82) is 0 Å². The Morgan fingerprint density at radius 1 is 0.882 bits per heavy atom. The maximum absolute atomic E-state index is 7.92. The monoisotopic (exact) mass is 435 g/mol. The van der Waals surface area contributed by atoms with Crippen molar-refractivity contribution in [3.63, 3.8) is 0 Å². The molecule has 0 aliphatic carbocycles. The van der Waals surface area contributed by atoms with Gasteiger partial charge >= 0.3 is 0 Å². The molecule has 1 nitrogen and oxygen atoms in total. The van der Waals surface area contributed by atoms with Crippen molar-refractivity contribution in [3.05, 3.63) is 83.6 Å². The molecule has 0 aromatic heterocycles. The van der Waals surface area contributed by atoms with Crippen LogP contribution < -0.4 is 0 Å². The standard InChI is InChI=1S/C15H14N.Ac/c16-15(14-9-5-2-6-10-14)12-11-13-7-3-1-4-8-13;/h1-10,12,16H,11H2;/q-1;/b15-12-;. The Labute approximate surface area is 138 Å². The Morgan fingerprint density at radius 3 is 2.00 bits per heavy atom. The molecule has 0 bridgehead atoms. The molecule has 2 aromatic rings. The summed E-state index contributed by atoms with van der Waals surface area (Å²) >= 11 is 0. The van der Waals surface area contributed by atoms with Gasteiger partial charge in [0, 0.05) is 44.1 Å². The van der Waals surface area contributed by atoms with Crippen molar-refractivity contribution in [3.8, 4) is 0 Å². The van der Waals surface area contributed by atoms with Crippen LogP contribution in [-0.4, -0.2) is 0 Å². The van der Waals surface area contributed by atoms with Gasteiger partial charge < -0.3 is 5.73 Å². The zero-order valence-corrected chi connectivity index (χ0v) is 14.4. The smallest absolute Gasteiger partial charge is 0 e. The van der Waals surface area contributed by atoms with Crippen molar-refractivity contribution in [1.82, 2.24) is 0 Å². The van der Waals surface area contributed by atoms with Gasteiger partial charge in [-0.1, -0.05) is 66.7 Å². The van der Waals surface area contributed by atoms with E-state index in [1.165, 1.54) is 5.56 Å². The normalized spacial score (nSPS) is 10.7. The van der Waals surface area contributed by atoms with Gasteiger partial charge in [0.2, 0.25) is 0 Å². The largest absolute Gasteiger partial charge is 0.698 e. The zero-order valence-electron chi connectivity index (χ0n) is 9.64. The van der Waals surface area contributed by atoms with Gasteiger partial charge in [0.05, 0.1) is 0 Å². The fraction of sp³-hybridized carbons (Fsp3) is 0.0667. The third-order valence-corrected chi connectivity index (χ3v) is 2.47. The minimum Gasteiger partial charge on any atom is -0.698 e. The predicted molar refractivity (Wildman–Crippen MR) is 68.9 cm³/mol. The van der Waals surface area contributed by atoms with Crippen LogP contribution in [0.2, 0.25) is 0 Å². The Morgan fingerprint density at radius 2 is 1.41 bits per heavy atom. The molecule has 17 heavy (non-hydrogen) atoms. The van der Waals surface area contributed by atoms with Gasteiger partial charge in [-0.25, -0.2) is 0 Å². The molecule has 0 heterocycles. The van der Waals surface area contributed by atoms with Gasteiger partial charge in [-0.05, 0) is 17.5 Å². The Kier molecular flexibility index (Phi) is 6.55. The number of nitrogens with one attached hydrogen (secondary N) is 1. The molecule has 0 saturated heterocycles. The average Bonchev–Trinajstić information content (AvgIpc) is 2.38. The first-order valence-electron chi connectivity index (χ1n) is 5.37. The quantitative estimate of drug-likeness (QED) is 0.686. The van der Waals surface area contributed by atoms with Gasteiger partial charge in [0.15, 0.2) is 0 Å². The molecule has 0 amide bonds. The molecular weight excluding hydrogens is 421 g/mol. The molecule has 1 N–H and O–H groups in total. The molecule has 2 heteroatoms. The third-order valence-electron chi connectivity index (χ3n) is 2.47. The summed E-state index contributed by atoms with van der Waals surface area (Å²) in [7, 11) is 0. The molecular formula is C15H14AcN-. The summed E-state index contributed by atoms with van der Waals surface area (Å²) in [6.45, 7) is 0. The van der Waals surface area contributed by atoms with E-state index in [0.29, 0.717) is 5.70 Å². The van der Waals surface area contributed by atoms with Gasteiger partial charge in [0.25, 0.3) is 0 Å². The predicted octanol–water partition coefficient (Wildman–Crippen LogP) is 4.32. The maximum Gasteiger partial charge on any atom is 0 e. The Bertz CT molecular complexity index is 463. The van der Waals surface area contributed by atoms with Crippen LogP contribution in [0.15, 0.2) is 66.7 Å². The molecule has 0 atom stereocenters. The van der Waals surface area contributed by atoms with Crippen LogP contribution in [0.25, 0.3) is 11.4 Å². The summed E-state index contributed by atoms with van der Waals surface area (Å²) in [5, 5.41) is 0. The second-order valence-electron chi connectivity index (χ2n) is 3.67. The maximum atomic E-state index is 7.92. The van der Waals surface area contributed by atoms with Crippen molar-refractivity contribution >= 4 is 5.70 Å². The zero-order chi connectivity index (χ0) is 11.2. The minimum atomic E-state index is 0. The van der Waals surface area contributed by atoms with Crippen molar-refractivity contribution in [2.75, 3.05) is 0 Å². The van der Waals surface area contributed by atoms with Crippen LogP contribution in [0.3, 0.4) is 0 Å². The molecule has 0 saturated carbocycles. The number of benzene rings is 2. The summed E-state index contributed by atoms with van der Waals surface area (Å²) in [4.78, 5) is 0. The third kappa shape index (κ3) is 4.66. The van der Waals surface area contributed by atoms with Gasteiger partial charge in [0.1, 0.15) is 0 Å². The molecule has 2 aromatic carbocycles. The van der Waals surface area contributed by atoms with E-state index in [-0.39, 0.29) is 44.1 Å². The number of allylic oxidation sites excluding steroid dienone is 1. The number of hydrogen-bond acceptors (Lipinski definition) is 0. The molecule has 0 unspecified atom stereocenters. The molecule has 83 valence electrons. The van der Waals surface area contributed by atoms with Crippen molar-refractivity contribution < 1.29 is 44.1 Å². The van der Waals surface area contributed by atoms with E-state index in [0.717, 1.165) is 12.0 Å². The van der Waals surface area contributed by atoms with E-state index in [1.807, 2.05) is 54.6 Å². The summed E-state index contributed by atoms with van der Waals surface area (Å²) in [6.07, 6.45) is 2.76. The van der Waals surface area contributed by atoms with Gasteiger partial charge in [-0.3, -0.25) is 0 Å². The fourth-order valence-electron chi connectivity index (χ4n) is 1.57. The van der Waals surface area contributed by atoms with Crippen LogP contribution in [0, 0.1) is 44.1 Å². The number of hydrogen-bond donors (Lipinski definition) is 0. The van der Waals surface area contributed by atoms with Gasteiger partial charge in [-0.15, -0.1) is 5.70 Å². The average molecular weight is 435 g/mol. The summed E-state index contributed by atoms with van der Waals surface area (Å²) < 4.78 is 0. The van der Waals surface area contributed by atoms with E-state index >= 15 is 0 Å². The van der Waals surface area contributed by atoms with Crippen molar-refractivity contribution in [2.45, 2.75) is 6.42 Å². The second-order valence-corrected chi connectivity index (χ2v) is 3.67. The van der Waals surface area contributed by atoms with Gasteiger partial charge in [-0.2, -0.15) is 0 Å². The Balaban J connectivity index is 0.00000144. The van der Waals surface area contributed by atoms with Crippen LogP contribution in [0.4, 0.5) is 0 Å². The molecule has 0 aliphatic heterocycles. The van der Waals surface area contributed by atoms with Crippen LogP contribution >= 0.6 is 0 Å². The molecule has 1 radical (unpaired) electrons. The molecule has 0 aliphatic rings. The first-order valence-corrected chi connectivity index (χ1v) is 5.37. The first kappa shape index (κ1) is 14.5. The summed E-state index contributed by atoms with van der Waals surface area (Å²) in [5.41, 5.74) is 10.7. The number of rotatable bonds is 3. The summed E-state index contributed by atoms with van der Waals surface area (Å²) in [5.74, 6) is 0. The molecule has 0 fully saturated rings. The fourth-order valence-corrected chi connectivity index (χ4v) is 1.57. The Hall–Kier alpha value is -0.578. The van der Waals surface area contributed by atoms with E-state index in [2.05, 4.69) is 12.1 Å². The van der Waals surface area contributed by atoms with Crippen LogP contribution in [0.1, 0.15) is 11.1 Å². The minimum absolute atomic E-state index is 0. The van der Waals surface area contributed by atoms with E-state index < -0.39 is 0 Å². The molecule has 2 rings (SSSR count). The SMILES string of the molecule is [Ac].[NH-]/C(=C\Cc1ccccc1)c1ccccc1. The first-order chi connectivity index (χ1) is 7.86. The van der Waals surface area contributed by atoms with E-state index in [4.69, 9.17) is 5.73 Å². The molecule has 0 spiro atoms. The van der Waals surface area contributed by atoms with Crippen LogP contribution in [0.5, 0.6) is 0 Å². The van der Waals surface area contributed by atoms with E-state index in [1.54, 1.807) is 0 Å². The summed E-state index contributed by atoms with van der Waals surface area (Å²) in [6, 6.07) is 20.0. The second kappa shape index (κ2) is 7.69. The van der Waals surface area contributed by atoms with Crippen LogP contribution in [-0.2, 0) is 6.42 Å².